The van der Waals surface area contributed by atoms with Gasteiger partial charge in [-0.15, -0.1) is 0 Å². The molecule has 0 spiro atoms. The molecule has 0 rings (SSSR count). The zero-order valence-electron chi connectivity index (χ0n) is 38.1. The van der Waals surface area contributed by atoms with Crippen molar-refractivity contribution in [1.82, 2.24) is 5.32 Å². The van der Waals surface area contributed by atoms with Crippen LogP contribution in [0.3, 0.4) is 0 Å². The Morgan fingerprint density at radius 2 is 0.966 bits per heavy atom. The number of carbonyl (C=O) groups is 1. The summed E-state index contributed by atoms with van der Waals surface area (Å²) in [5.74, 6) is -0.464. The van der Waals surface area contributed by atoms with Gasteiger partial charge in [0.25, 0.3) is 0 Å². The molecule has 0 radical (unpaired) electrons. The highest BCUT2D eigenvalue weighted by Gasteiger charge is 2.27. The van der Waals surface area contributed by atoms with Crippen molar-refractivity contribution in [2.45, 2.75) is 238 Å². The average Bonchev–Trinajstić information content (AvgIpc) is 3.21. The fourth-order valence-corrected chi connectivity index (χ4v) is 7.73. The van der Waals surface area contributed by atoms with Gasteiger partial charge in [-0.05, 0) is 70.6 Å². The maximum absolute atomic E-state index is 12.8. The first kappa shape index (κ1) is 57.4. The summed E-state index contributed by atoms with van der Waals surface area (Å²) in [5, 5.41) is 24.1. The quantitative estimate of drug-likeness (QED) is 0.0231. The van der Waals surface area contributed by atoms with Crippen molar-refractivity contribution in [1.29, 1.82) is 0 Å². The summed E-state index contributed by atoms with van der Waals surface area (Å²) in [6.07, 6.45) is 52.0. The van der Waals surface area contributed by atoms with E-state index in [0.717, 1.165) is 57.8 Å². The normalized spacial score (nSPS) is 14.9. The SMILES string of the molecule is CCCCCCCCCCC/C=C\CCCCCCCC(O)CC(=O)NC(COP(=O)(O)OCCN)C(O)/C=C/CC/C=C/CC/C=C/CCCCCCCCCCC. The molecule has 6 N–H and O–H groups in total. The van der Waals surface area contributed by atoms with Crippen LogP contribution in [0.1, 0.15) is 219 Å². The highest BCUT2D eigenvalue weighted by molar-refractivity contribution is 7.47. The molecule has 0 aromatic carbocycles. The molecule has 0 aliphatic carbocycles. The van der Waals surface area contributed by atoms with Gasteiger partial charge >= 0.3 is 7.82 Å². The molecule has 0 saturated heterocycles. The number of hydrogen-bond acceptors (Lipinski definition) is 7. The summed E-state index contributed by atoms with van der Waals surface area (Å²) in [4.78, 5) is 22.8. The number of nitrogens with two attached hydrogens (primary N) is 1. The van der Waals surface area contributed by atoms with Crippen molar-refractivity contribution in [3.63, 3.8) is 0 Å². The summed E-state index contributed by atoms with van der Waals surface area (Å²) in [7, 11) is -4.42. The Hall–Kier alpha value is -1.58. The van der Waals surface area contributed by atoms with Crippen LogP contribution in [0.15, 0.2) is 48.6 Å². The predicted molar refractivity (Wildman–Crippen MR) is 250 cm³/mol. The molecule has 0 aromatic heterocycles. The molecule has 0 bridgehead atoms. The van der Waals surface area contributed by atoms with Gasteiger partial charge in [0.05, 0.1) is 37.9 Å². The Labute approximate surface area is 363 Å². The van der Waals surface area contributed by atoms with E-state index in [9.17, 15) is 24.5 Å². The smallest absolute Gasteiger partial charge is 0.393 e. The summed E-state index contributed by atoms with van der Waals surface area (Å²) < 4.78 is 22.1. The first-order valence-electron chi connectivity index (χ1n) is 24.3. The van der Waals surface area contributed by atoms with Crippen LogP contribution in [0, 0.1) is 0 Å². The third-order valence-electron chi connectivity index (χ3n) is 10.7. The van der Waals surface area contributed by atoms with Crippen molar-refractivity contribution in [3.05, 3.63) is 48.6 Å². The van der Waals surface area contributed by atoms with E-state index >= 15 is 0 Å². The minimum atomic E-state index is -4.42. The van der Waals surface area contributed by atoms with Gasteiger partial charge in [-0.2, -0.15) is 0 Å². The molecule has 0 aliphatic heterocycles. The number of unbranched alkanes of at least 4 members (excludes halogenated alkanes) is 25. The molecule has 4 atom stereocenters. The minimum Gasteiger partial charge on any atom is -0.393 e. The number of amides is 1. The van der Waals surface area contributed by atoms with E-state index in [1.807, 2.05) is 6.08 Å². The number of rotatable bonds is 45. The van der Waals surface area contributed by atoms with E-state index in [1.165, 1.54) is 128 Å². The van der Waals surface area contributed by atoms with E-state index in [1.54, 1.807) is 6.08 Å². The van der Waals surface area contributed by atoms with Gasteiger partial charge in [0.2, 0.25) is 5.91 Å². The minimum absolute atomic E-state index is 0.0404. The zero-order valence-corrected chi connectivity index (χ0v) is 39.0. The van der Waals surface area contributed by atoms with Crippen LogP contribution < -0.4 is 11.1 Å². The number of hydrogen-bond donors (Lipinski definition) is 5. The Kier molecular flexibility index (Phi) is 43.3. The van der Waals surface area contributed by atoms with Crippen molar-refractivity contribution < 1.29 is 33.5 Å². The van der Waals surface area contributed by atoms with E-state index in [-0.39, 0.29) is 19.6 Å². The van der Waals surface area contributed by atoms with Crippen LogP contribution in [-0.2, 0) is 18.4 Å². The molecule has 9 nitrogen and oxygen atoms in total. The number of aliphatic hydroxyl groups excluding tert-OH is 2. The first-order chi connectivity index (χ1) is 28.8. The standard InChI is InChI=1S/C49H93N2O7P/c1-3-5-7-9-11-13-15-17-19-21-23-25-27-29-31-33-35-37-39-41-48(53)47(45-58-59(55,56)57-43-42-50)51-49(54)44-46(52)40-38-36-34-32-30-28-26-24-22-20-18-16-14-12-10-8-6-4-2/h23-26,31,33,39,41,46-48,52-53H,3-22,27-30,32,34-38,40,42-45,50H2,1-2H3,(H,51,54)(H,55,56)/b25-23+,26-24-,33-31+,41-39+. The Morgan fingerprint density at radius 1 is 0.576 bits per heavy atom. The topological polar surface area (TPSA) is 151 Å². The Morgan fingerprint density at radius 3 is 1.41 bits per heavy atom. The van der Waals surface area contributed by atoms with Crippen molar-refractivity contribution >= 4 is 13.7 Å². The predicted octanol–water partition coefficient (Wildman–Crippen LogP) is 13.0. The second-order valence-electron chi connectivity index (χ2n) is 16.5. The Balaban J connectivity index is 4.33. The second kappa shape index (κ2) is 44.5. The van der Waals surface area contributed by atoms with Gasteiger partial charge in [-0.3, -0.25) is 13.8 Å². The van der Waals surface area contributed by atoms with Crippen LogP contribution in [0.25, 0.3) is 0 Å². The third-order valence-corrected chi connectivity index (χ3v) is 11.6. The fraction of sp³-hybridized carbons (Fsp3) is 0.816. The number of aliphatic hydroxyl groups is 2. The Bertz CT molecular complexity index is 1080. The van der Waals surface area contributed by atoms with E-state index in [0.29, 0.717) is 12.8 Å². The molecule has 59 heavy (non-hydrogen) atoms. The summed E-state index contributed by atoms with van der Waals surface area (Å²) in [6.45, 7) is 3.95. The lowest BCUT2D eigenvalue weighted by Gasteiger charge is -2.24. The molecule has 0 aliphatic rings. The van der Waals surface area contributed by atoms with Gasteiger partial charge < -0.3 is 26.2 Å². The van der Waals surface area contributed by atoms with Crippen LogP contribution in [0.4, 0.5) is 0 Å². The van der Waals surface area contributed by atoms with Crippen molar-refractivity contribution in [2.24, 2.45) is 5.73 Å². The molecule has 0 aromatic rings. The number of allylic oxidation sites excluding steroid dienone is 7. The van der Waals surface area contributed by atoms with E-state index < -0.39 is 38.6 Å². The molecule has 346 valence electrons. The maximum atomic E-state index is 12.8. The fourth-order valence-electron chi connectivity index (χ4n) is 6.97. The van der Waals surface area contributed by atoms with Gasteiger partial charge in [0.1, 0.15) is 0 Å². The lowest BCUT2D eigenvalue weighted by atomic mass is 10.0. The third kappa shape index (κ3) is 42.9. The lowest BCUT2D eigenvalue weighted by molar-refractivity contribution is -0.124. The largest absolute Gasteiger partial charge is 0.472 e. The molecule has 0 heterocycles. The number of carbonyl (C=O) groups excluding carboxylic acids is 1. The van der Waals surface area contributed by atoms with Crippen molar-refractivity contribution in [2.75, 3.05) is 19.8 Å². The van der Waals surface area contributed by atoms with Gasteiger partial charge in [0.15, 0.2) is 0 Å². The highest BCUT2D eigenvalue weighted by atomic mass is 31.2. The van der Waals surface area contributed by atoms with Gasteiger partial charge in [-0.25, -0.2) is 4.57 Å². The lowest BCUT2D eigenvalue weighted by Crippen LogP contribution is -2.46. The summed E-state index contributed by atoms with van der Waals surface area (Å²) >= 11 is 0. The van der Waals surface area contributed by atoms with Crippen LogP contribution >= 0.6 is 7.82 Å². The van der Waals surface area contributed by atoms with Crippen LogP contribution in [0.5, 0.6) is 0 Å². The first-order valence-corrected chi connectivity index (χ1v) is 25.8. The summed E-state index contributed by atoms with van der Waals surface area (Å²) in [6, 6.07) is -1.01. The van der Waals surface area contributed by atoms with E-state index in [4.69, 9.17) is 14.8 Å². The number of phosphoric ester groups is 1. The molecular weight excluding hydrogens is 760 g/mol. The zero-order chi connectivity index (χ0) is 43.3. The van der Waals surface area contributed by atoms with Crippen LogP contribution in [-0.4, -0.2) is 59.0 Å². The molecule has 10 heteroatoms. The molecular formula is C49H93N2O7P. The molecule has 4 unspecified atom stereocenters. The van der Waals surface area contributed by atoms with Crippen molar-refractivity contribution in [3.8, 4) is 0 Å². The summed E-state index contributed by atoms with van der Waals surface area (Å²) in [5.41, 5.74) is 5.37. The second-order valence-corrected chi connectivity index (χ2v) is 17.9. The van der Waals surface area contributed by atoms with Crippen LogP contribution in [0.2, 0.25) is 0 Å². The maximum Gasteiger partial charge on any atom is 0.472 e. The van der Waals surface area contributed by atoms with Gasteiger partial charge in [0, 0.05) is 6.54 Å². The average molecular weight is 853 g/mol. The van der Waals surface area contributed by atoms with E-state index in [2.05, 4.69) is 55.6 Å². The molecule has 1 amide bonds. The molecule has 0 fully saturated rings. The molecule has 0 saturated carbocycles. The number of phosphoric acid groups is 1. The van der Waals surface area contributed by atoms with Gasteiger partial charge in [-0.1, -0.05) is 191 Å². The highest BCUT2D eigenvalue weighted by Crippen LogP contribution is 2.43. The monoisotopic (exact) mass is 853 g/mol. The number of nitrogens with one attached hydrogen (secondary N) is 1.